The average Bonchev–Trinajstić information content (AvgIpc) is 2.00. The van der Waals surface area contributed by atoms with E-state index in [1.165, 1.54) is 0 Å². The van der Waals surface area contributed by atoms with Crippen molar-refractivity contribution in [3.05, 3.63) is 22.2 Å². The number of hydrogen-bond acceptors (Lipinski definition) is 2. The maximum Gasteiger partial charge on any atom is 0.0509 e. The monoisotopic (exact) mass is 228 g/mol. The molecule has 0 amide bonds. The highest BCUT2D eigenvalue weighted by molar-refractivity contribution is 9.10. The summed E-state index contributed by atoms with van der Waals surface area (Å²) in [5.74, 6) is 0. The van der Waals surface area contributed by atoms with Crippen molar-refractivity contribution in [3.63, 3.8) is 0 Å². The zero-order valence-corrected chi connectivity index (χ0v) is 9.14. The van der Waals surface area contributed by atoms with Crippen LogP contribution in [0.3, 0.4) is 0 Å². The van der Waals surface area contributed by atoms with Gasteiger partial charge in [0.1, 0.15) is 0 Å². The van der Waals surface area contributed by atoms with E-state index in [1.54, 1.807) is 0 Å². The maximum absolute atomic E-state index is 5.85. The number of nitrogens with two attached hydrogens (primary N) is 1. The summed E-state index contributed by atoms with van der Waals surface area (Å²) in [6, 6.07) is 4.02. The van der Waals surface area contributed by atoms with Gasteiger partial charge in [0.15, 0.2) is 0 Å². The van der Waals surface area contributed by atoms with E-state index in [0.717, 1.165) is 21.4 Å². The van der Waals surface area contributed by atoms with Crippen LogP contribution >= 0.6 is 15.9 Å². The van der Waals surface area contributed by atoms with Gasteiger partial charge in [0.25, 0.3) is 0 Å². The number of rotatable bonds is 1. The van der Waals surface area contributed by atoms with Crippen LogP contribution in [0.2, 0.25) is 0 Å². The van der Waals surface area contributed by atoms with Gasteiger partial charge in [0, 0.05) is 24.3 Å². The molecule has 0 atom stereocenters. The van der Waals surface area contributed by atoms with Crippen LogP contribution in [0.15, 0.2) is 16.6 Å². The Morgan fingerprint density at radius 1 is 1.33 bits per heavy atom. The van der Waals surface area contributed by atoms with Crippen LogP contribution in [0.25, 0.3) is 0 Å². The Balaban J connectivity index is 3.27. The van der Waals surface area contributed by atoms with Gasteiger partial charge in [0.2, 0.25) is 0 Å². The van der Waals surface area contributed by atoms with Gasteiger partial charge in [0.05, 0.1) is 5.69 Å². The SMILES string of the molecule is Cc1c(N(C)C)ccc(Br)c1N. The Bertz CT molecular complexity index is 295. The van der Waals surface area contributed by atoms with Crippen LogP contribution < -0.4 is 10.6 Å². The number of nitrogen functional groups attached to an aromatic ring is 1. The molecule has 0 unspecified atom stereocenters. The highest BCUT2D eigenvalue weighted by Gasteiger charge is 2.05. The molecule has 66 valence electrons. The van der Waals surface area contributed by atoms with Crippen molar-refractivity contribution in [2.75, 3.05) is 24.7 Å². The molecular weight excluding hydrogens is 216 g/mol. The Hall–Kier alpha value is -0.700. The zero-order chi connectivity index (χ0) is 9.30. The molecule has 0 fully saturated rings. The first-order valence-corrected chi connectivity index (χ1v) is 4.55. The first-order chi connectivity index (χ1) is 5.54. The van der Waals surface area contributed by atoms with E-state index < -0.39 is 0 Å². The molecule has 1 rings (SSSR count). The van der Waals surface area contributed by atoms with Crippen LogP contribution in [-0.4, -0.2) is 14.1 Å². The highest BCUT2D eigenvalue weighted by Crippen LogP contribution is 2.29. The van der Waals surface area contributed by atoms with Crippen molar-refractivity contribution in [2.45, 2.75) is 6.92 Å². The van der Waals surface area contributed by atoms with E-state index in [9.17, 15) is 0 Å². The van der Waals surface area contributed by atoms with Gasteiger partial charge in [-0.05, 0) is 40.5 Å². The zero-order valence-electron chi connectivity index (χ0n) is 7.56. The van der Waals surface area contributed by atoms with Crippen LogP contribution in [-0.2, 0) is 0 Å². The summed E-state index contributed by atoms with van der Waals surface area (Å²) in [7, 11) is 4.02. The molecule has 0 radical (unpaired) electrons. The minimum atomic E-state index is 0.821. The molecule has 2 N–H and O–H groups in total. The Kier molecular flexibility index (Phi) is 2.62. The van der Waals surface area contributed by atoms with Gasteiger partial charge >= 0.3 is 0 Å². The predicted molar refractivity (Wildman–Crippen MR) is 57.6 cm³/mol. The standard InChI is InChI=1S/C9H13BrN2/c1-6-8(12(2)3)5-4-7(10)9(6)11/h4-5H,11H2,1-3H3. The lowest BCUT2D eigenvalue weighted by molar-refractivity contribution is 1.11. The van der Waals surface area contributed by atoms with Gasteiger partial charge < -0.3 is 10.6 Å². The molecule has 1 aromatic carbocycles. The molecule has 0 saturated carbocycles. The van der Waals surface area contributed by atoms with Crippen LogP contribution in [0, 0.1) is 6.92 Å². The van der Waals surface area contributed by atoms with E-state index >= 15 is 0 Å². The summed E-state index contributed by atoms with van der Waals surface area (Å²) >= 11 is 3.39. The highest BCUT2D eigenvalue weighted by atomic mass is 79.9. The second-order valence-electron chi connectivity index (χ2n) is 3.00. The lowest BCUT2D eigenvalue weighted by atomic mass is 10.1. The van der Waals surface area contributed by atoms with Crippen molar-refractivity contribution < 1.29 is 0 Å². The molecule has 0 aromatic heterocycles. The molecule has 0 aliphatic heterocycles. The number of nitrogens with zero attached hydrogens (tertiary/aromatic N) is 1. The Morgan fingerprint density at radius 3 is 2.42 bits per heavy atom. The van der Waals surface area contributed by atoms with Crippen molar-refractivity contribution in [1.29, 1.82) is 0 Å². The lowest BCUT2D eigenvalue weighted by Gasteiger charge is -2.17. The molecule has 0 spiro atoms. The molecule has 3 heteroatoms. The Labute approximate surface area is 81.5 Å². The third kappa shape index (κ3) is 1.55. The predicted octanol–water partition coefficient (Wildman–Crippen LogP) is 2.41. The normalized spacial score (nSPS) is 10.0. The molecular formula is C9H13BrN2. The van der Waals surface area contributed by atoms with E-state index in [2.05, 4.69) is 26.9 Å². The molecule has 0 bridgehead atoms. The van der Waals surface area contributed by atoms with Crippen molar-refractivity contribution >= 4 is 27.3 Å². The number of hydrogen-bond donors (Lipinski definition) is 1. The molecule has 12 heavy (non-hydrogen) atoms. The third-order valence-electron chi connectivity index (χ3n) is 1.91. The fourth-order valence-electron chi connectivity index (χ4n) is 1.17. The van der Waals surface area contributed by atoms with Gasteiger partial charge in [-0.2, -0.15) is 0 Å². The molecule has 0 aliphatic carbocycles. The quantitative estimate of drug-likeness (QED) is 0.749. The number of anilines is 2. The minimum absolute atomic E-state index is 0.821. The second-order valence-corrected chi connectivity index (χ2v) is 3.85. The van der Waals surface area contributed by atoms with Crippen LogP contribution in [0.1, 0.15) is 5.56 Å². The number of halogens is 1. The smallest absolute Gasteiger partial charge is 0.0509 e. The van der Waals surface area contributed by atoms with Gasteiger partial charge in [-0.25, -0.2) is 0 Å². The average molecular weight is 229 g/mol. The summed E-state index contributed by atoms with van der Waals surface area (Å²) in [6.45, 7) is 2.02. The summed E-state index contributed by atoms with van der Waals surface area (Å²) in [6.07, 6.45) is 0. The summed E-state index contributed by atoms with van der Waals surface area (Å²) in [5, 5.41) is 0. The summed E-state index contributed by atoms with van der Waals surface area (Å²) < 4.78 is 0.964. The minimum Gasteiger partial charge on any atom is -0.398 e. The largest absolute Gasteiger partial charge is 0.398 e. The fourth-order valence-corrected chi connectivity index (χ4v) is 1.60. The van der Waals surface area contributed by atoms with E-state index in [0.29, 0.717) is 0 Å². The van der Waals surface area contributed by atoms with Gasteiger partial charge in [-0.15, -0.1) is 0 Å². The van der Waals surface area contributed by atoms with Crippen molar-refractivity contribution in [3.8, 4) is 0 Å². The summed E-state index contributed by atoms with van der Waals surface area (Å²) in [4.78, 5) is 2.05. The van der Waals surface area contributed by atoms with Crippen molar-refractivity contribution in [1.82, 2.24) is 0 Å². The molecule has 2 nitrogen and oxygen atoms in total. The van der Waals surface area contributed by atoms with E-state index in [4.69, 9.17) is 5.73 Å². The van der Waals surface area contributed by atoms with Crippen molar-refractivity contribution in [2.24, 2.45) is 0 Å². The molecule has 0 aliphatic rings. The topological polar surface area (TPSA) is 29.3 Å². The van der Waals surface area contributed by atoms with E-state index in [1.807, 2.05) is 27.1 Å². The van der Waals surface area contributed by atoms with Crippen LogP contribution in [0.4, 0.5) is 11.4 Å². The Morgan fingerprint density at radius 2 is 1.92 bits per heavy atom. The third-order valence-corrected chi connectivity index (χ3v) is 2.61. The number of benzene rings is 1. The van der Waals surface area contributed by atoms with Gasteiger partial charge in [-0.3, -0.25) is 0 Å². The first-order valence-electron chi connectivity index (χ1n) is 3.76. The molecule has 1 aromatic rings. The molecule has 0 saturated heterocycles. The maximum atomic E-state index is 5.85. The van der Waals surface area contributed by atoms with Crippen LogP contribution in [0.5, 0.6) is 0 Å². The molecule has 0 heterocycles. The summed E-state index contributed by atoms with van der Waals surface area (Å²) in [5.41, 5.74) is 8.95. The first kappa shape index (κ1) is 9.39. The fraction of sp³-hybridized carbons (Fsp3) is 0.333. The van der Waals surface area contributed by atoms with E-state index in [-0.39, 0.29) is 0 Å². The lowest BCUT2D eigenvalue weighted by Crippen LogP contribution is -2.11. The van der Waals surface area contributed by atoms with Gasteiger partial charge in [-0.1, -0.05) is 0 Å². The second kappa shape index (κ2) is 3.35.